The van der Waals surface area contributed by atoms with E-state index in [0.29, 0.717) is 22.7 Å². The van der Waals surface area contributed by atoms with E-state index in [1.807, 2.05) is 50.4 Å². The second-order valence-electron chi connectivity index (χ2n) is 7.25. The summed E-state index contributed by atoms with van der Waals surface area (Å²) < 4.78 is 3.41. The molecule has 5 aromatic rings. The van der Waals surface area contributed by atoms with Crippen LogP contribution in [0.2, 0.25) is 0 Å². The molecule has 0 saturated heterocycles. The number of nitrogens with two attached hydrogens (primary N) is 1. The molecule has 4 aromatic heterocycles. The normalized spacial score (nSPS) is 11.6. The Balaban J connectivity index is 1.80. The molecular formula is C21H19N7OS. The predicted molar refractivity (Wildman–Crippen MR) is 118 cm³/mol. The highest BCUT2D eigenvalue weighted by Gasteiger charge is 2.19. The Kier molecular flexibility index (Phi) is 4.14. The minimum Gasteiger partial charge on any atom is -0.383 e. The average molecular weight is 417 g/mol. The maximum atomic E-state index is 13.6. The standard InChI is InChI=1S/C21H19N7OS/c1-11-6-4-5-7-14(11)28-15(25-20-16(21(28)29)12(2)9-30-20)8-27-19-17(13(3)26-27)18(22)23-10-24-19/h4-7,9-10H,8H2,1-3H3,(H2,22,23,24). The summed E-state index contributed by atoms with van der Waals surface area (Å²) in [6.07, 6.45) is 1.42. The fourth-order valence-electron chi connectivity index (χ4n) is 3.79. The van der Waals surface area contributed by atoms with E-state index in [4.69, 9.17) is 10.7 Å². The van der Waals surface area contributed by atoms with Gasteiger partial charge in [0.25, 0.3) is 5.56 Å². The quantitative estimate of drug-likeness (QED) is 0.484. The minimum atomic E-state index is -0.0784. The van der Waals surface area contributed by atoms with Crippen LogP contribution < -0.4 is 11.3 Å². The van der Waals surface area contributed by atoms with Gasteiger partial charge in [0, 0.05) is 0 Å². The number of nitrogen functional groups attached to an aromatic ring is 1. The lowest BCUT2D eigenvalue weighted by atomic mass is 10.2. The van der Waals surface area contributed by atoms with Gasteiger partial charge in [-0.15, -0.1) is 11.3 Å². The zero-order valence-electron chi connectivity index (χ0n) is 16.7. The van der Waals surface area contributed by atoms with Gasteiger partial charge in [0.05, 0.1) is 22.2 Å². The summed E-state index contributed by atoms with van der Waals surface area (Å²) in [5.41, 5.74) is 10.0. The Morgan fingerprint density at radius 2 is 1.87 bits per heavy atom. The SMILES string of the molecule is Cc1ccccc1-n1c(Cn2nc(C)c3c(N)ncnc32)nc2scc(C)c2c1=O. The number of aromatic nitrogens is 6. The fourth-order valence-corrected chi connectivity index (χ4v) is 4.72. The van der Waals surface area contributed by atoms with Gasteiger partial charge in [-0.1, -0.05) is 18.2 Å². The van der Waals surface area contributed by atoms with Crippen LogP contribution in [-0.4, -0.2) is 29.3 Å². The van der Waals surface area contributed by atoms with Crippen LogP contribution in [0.1, 0.15) is 22.6 Å². The van der Waals surface area contributed by atoms with Crippen molar-refractivity contribution in [3.8, 4) is 5.69 Å². The second-order valence-corrected chi connectivity index (χ2v) is 8.11. The molecule has 1 aromatic carbocycles. The van der Waals surface area contributed by atoms with Crippen LogP contribution in [-0.2, 0) is 6.54 Å². The van der Waals surface area contributed by atoms with E-state index in [-0.39, 0.29) is 12.1 Å². The van der Waals surface area contributed by atoms with E-state index in [0.717, 1.165) is 32.7 Å². The number of hydrogen-bond donors (Lipinski definition) is 1. The average Bonchev–Trinajstić information content (AvgIpc) is 3.24. The van der Waals surface area contributed by atoms with Crippen LogP contribution in [0.3, 0.4) is 0 Å². The molecule has 0 amide bonds. The van der Waals surface area contributed by atoms with Crippen LogP contribution in [0, 0.1) is 20.8 Å². The van der Waals surface area contributed by atoms with Crippen molar-refractivity contribution < 1.29 is 0 Å². The smallest absolute Gasteiger partial charge is 0.267 e. The first-order valence-electron chi connectivity index (χ1n) is 9.45. The Bertz CT molecular complexity index is 1500. The summed E-state index contributed by atoms with van der Waals surface area (Å²) in [6, 6.07) is 7.79. The van der Waals surface area contributed by atoms with Crippen molar-refractivity contribution in [1.82, 2.24) is 29.3 Å². The molecule has 150 valence electrons. The summed E-state index contributed by atoms with van der Waals surface area (Å²) in [4.78, 5) is 27.6. The molecule has 8 nitrogen and oxygen atoms in total. The summed E-state index contributed by atoms with van der Waals surface area (Å²) in [6.45, 7) is 6.06. The third-order valence-corrected chi connectivity index (χ3v) is 6.23. The summed E-state index contributed by atoms with van der Waals surface area (Å²) in [5, 5.41) is 7.94. The summed E-state index contributed by atoms with van der Waals surface area (Å²) >= 11 is 1.47. The first-order chi connectivity index (χ1) is 14.5. The molecule has 0 radical (unpaired) electrons. The Morgan fingerprint density at radius 3 is 2.67 bits per heavy atom. The van der Waals surface area contributed by atoms with E-state index in [9.17, 15) is 4.79 Å². The van der Waals surface area contributed by atoms with Gasteiger partial charge >= 0.3 is 0 Å². The van der Waals surface area contributed by atoms with Gasteiger partial charge in [-0.3, -0.25) is 9.36 Å². The molecule has 0 aliphatic carbocycles. The molecule has 30 heavy (non-hydrogen) atoms. The van der Waals surface area contributed by atoms with Crippen molar-refractivity contribution in [2.45, 2.75) is 27.3 Å². The highest BCUT2D eigenvalue weighted by molar-refractivity contribution is 7.16. The highest BCUT2D eigenvalue weighted by Crippen LogP contribution is 2.25. The lowest BCUT2D eigenvalue weighted by Crippen LogP contribution is -2.26. The molecular weight excluding hydrogens is 398 g/mol. The summed E-state index contributed by atoms with van der Waals surface area (Å²) in [5.74, 6) is 0.975. The van der Waals surface area contributed by atoms with E-state index < -0.39 is 0 Å². The van der Waals surface area contributed by atoms with Crippen LogP contribution in [0.4, 0.5) is 5.82 Å². The van der Waals surface area contributed by atoms with E-state index >= 15 is 0 Å². The third-order valence-electron chi connectivity index (χ3n) is 5.24. The van der Waals surface area contributed by atoms with E-state index in [1.165, 1.54) is 17.7 Å². The molecule has 0 aliphatic heterocycles. The summed E-state index contributed by atoms with van der Waals surface area (Å²) in [7, 11) is 0. The van der Waals surface area contributed by atoms with E-state index in [2.05, 4.69) is 15.1 Å². The van der Waals surface area contributed by atoms with Crippen LogP contribution in [0.5, 0.6) is 0 Å². The number of fused-ring (bicyclic) bond motifs is 2. The number of benzene rings is 1. The molecule has 0 saturated carbocycles. The van der Waals surface area contributed by atoms with Gasteiger partial charge in [-0.25, -0.2) is 19.6 Å². The number of anilines is 1. The molecule has 4 heterocycles. The van der Waals surface area contributed by atoms with Crippen LogP contribution >= 0.6 is 11.3 Å². The molecule has 0 bridgehead atoms. The monoisotopic (exact) mass is 417 g/mol. The zero-order valence-corrected chi connectivity index (χ0v) is 17.6. The van der Waals surface area contributed by atoms with Crippen molar-refractivity contribution >= 4 is 38.4 Å². The lowest BCUT2D eigenvalue weighted by Gasteiger charge is -2.15. The van der Waals surface area contributed by atoms with Gasteiger partial charge < -0.3 is 5.73 Å². The minimum absolute atomic E-state index is 0.0784. The maximum Gasteiger partial charge on any atom is 0.267 e. The van der Waals surface area contributed by atoms with Crippen molar-refractivity contribution in [2.75, 3.05) is 5.73 Å². The third kappa shape index (κ3) is 2.70. The first-order valence-corrected chi connectivity index (χ1v) is 10.3. The van der Waals surface area contributed by atoms with Gasteiger partial charge in [-0.05, 0) is 43.3 Å². The number of hydrogen-bond acceptors (Lipinski definition) is 7. The predicted octanol–water partition coefficient (Wildman–Crippen LogP) is 3.14. The molecule has 0 unspecified atom stereocenters. The second kappa shape index (κ2) is 6.74. The maximum absolute atomic E-state index is 13.6. The Labute approximate surface area is 175 Å². The van der Waals surface area contributed by atoms with Crippen LogP contribution in [0.25, 0.3) is 26.9 Å². The lowest BCUT2D eigenvalue weighted by molar-refractivity contribution is 0.644. The van der Waals surface area contributed by atoms with Gasteiger partial charge in [0.2, 0.25) is 0 Å². The number of para-hydroxylation sites is 1. The topological polar surface area (TPSA) is 105 Å². The number of nitrogens with zero attached hydrogens (tertiary/aromatic N) is 6. The highest BCUT2D eigenvalue weighted by atomic mass is 32.1. The Morgan fingerprint density at radius 1 is 1.07 bits per heavy atom. The number of aryl methyl sites for hydroxylation is 3. The fraction of sp³-hybridized carbons (Fsp3) is 0.190. The van der Waals surface area contributed by atoms with Crippen LogP contribution in [0.15, 0.2) is 40.8 Å². The van der Waals surface area contributed by atoms with Gasteiger partial charge in [0.1, 0.15) is 29.3 Å². The van der Waals surface area contributed by atoms with E-state index in [1.54, 1.807) is 9.25 Å². The first kappa shape index (κ1) is 18.4. The van der Waals surface area contributed by atoms with Crippen molar-refractivity contribution in [1.29, 1.82) is 0 Å². The van der Waals surface area contributed by atoms with Crippen molar-refractivity contribution in [3.63, 3.8) is 0 Å². The largest absolute Gasteiger partial charge is 0.383 e. The van der Waals surface area contributed by atoms with Gasteiger partial charge in [-0.2, -0.15) is 5.10 Å². The molecule has 0 spiro atoms. The Hall–Kier alpha value is -3.59. The number of thiophene rings is 1. The van der Waals surface area contributed by atoms with Crippen molar-refractivity contribution in [3.05, 3.63) is 69.0 Å². The zero-order chi connectivity index (χ0) is 21.0. The molecule has 9 heteroatoms. The number of rotatable bonds is 3. The molecule has 5 rings (SSSR count). The molecule has 0 aliphatic rings. The molecule has 0 fully saturated rings. The van der Waals surface area contributed by atoms with Gasteiger partial charge in [0.15, 0.2) is 5.65 Å². The molecule has 2 N–H and O–H groups in total. The van der Waals surface area contributed by atoms with Crippen molar-refractivity contribution in [2.24, 2.45) is 0 Å². The molecule has 0 atom stereocenters.